The van der Waals surface area contributed by atoms with E-state index in [1.165, 1.54) is 0 Å². The van der Waals surface area contributed by atoms with Crippen molar-refractivity contribution >= 4 is 17.2 Å². The number of nitrogens with zero attached hydrogens (tertiary/aromatic N) is 1. The summed E-state index contributed by atoms with van der Waals surface area (Å²) in [5.74, 6) is 0.111. The SMILES string of the molecule is Cc1ccc(C(=O)N(Cc2cccs2)C(C)C)cc1O. The molecule has 106 valence electrons. The molecule has 3 nitrogen and oxygen atoms in total. The van der Waals surface area contributed by atoms with E-state index in [0.29, 0.717) is 12.1 Å². The highest BCUT2D eigenvalue weighted by Crippen LogP contribution is 2.21. The summed E-state index contributed by atoms with van der Waals surface area (Å²) in [6.07, 6.45) is 0. The minimum atomic E-state index is -0.0521. The monoisotopic (exact) mass is 289 g/mol. The van der Waals surface area contributed by atoms with Crippen molar-refractivity contribution in [2.24, 2.45) is 0 Å². The molecule has 0 atom stereocenters. The van der Waals surface area contributed by atoms with Gasteiger partial charge in [-0.1, -0.05) is 12.1 Å². The summed E-state index contributed by atoms with van der Waals surface area (Å²) in [6.45, 7) is 6.41. The van der Waals surface area contributed by atoms with Crippen LogP contribution in [0.4, 0.5) is 0 Å². The maximum absolute atomic E-state index is 12.6. The Labute approximate surface area is 123 Å². The Bertz CT molecular complexity index is 591. The molecule has 1 aromatic carbocycles. The standard InChI is InChI=1S/C16H19NO2S/c1-11(2)17(10-14-5-4-8-20-14)16(19)13-7-6-12(3)15(18)9-13/h4-9,11,18H,10H2,1-3H3. The van der Waals surface area contributed by atoms with E-state index in [-0.39, 0.29) is 17.7 Å². The summed E-state index contributed by atoms with van der Waals surface area (Å²) in [7, 11) is 0. The predicted molar refractivity (Wildman–Crippen MR) is 82.2 cm³/mol. The number of benzene rings is 1. The highest BCUT2D eigenvalue weighted by Gasteiger charge is 2.20. The first-order valence-electron chi connectivity index (χ1n) is 6.62. The van der Waals surface area contributed by atoms with Crippen molar-refractivity contribution in [2.75, 3.05) is 0 Å². The van der Waals surface area contributed by atoms with Gasteiger partial charge in [0, 0.05) is 16.5 Å². The van der Waals surface area contributed by atoms with Crippen molar-refractivity contribution in [3.8, 4) is 5.75 Å². The molecule has 2 rings (SSSR count). The Balaban J connectivity index is 2.24. The normalized spacial score (nSPS) is 10.8. The van der Waals surface area contributed by atoms with Gasteiger partial charge >= 0.3 is 0 Å². The van der Waals surface area contributed by atoms with E-state index in [0.717, 1.165) is 10.4 Å². The molecule has 1 amide bonds. The smallest absolute Gasteiger partial charge is 0.254 e. The zero-order chi connectivity index (χ0) is 14.7. The Kier molecular flexibility index (Phi) is 4.45. The maximum atomic E-state index is 12.6. The van der Waals surface area contributed by atoms with Gasteiger partial charge in [-0.2, -0.15) is 0 Å². The lowest BCUT2D eigenvalue weighted by atomic mass is 10.1. The van der Waals surface area contributed by atoms with Crippen LogP contribution in [-0.4, -0.2) is 22.0 Å². The van der Waals surface area contributed by atoms with Gasteiger partial charge in [0.25, 0.3) is 5.91 Å². The molecule has 0 radical (unpaired) electrons. The van der Waals surface area contributed by atoms with Crippen LogP contribution >= 0.6 is 11.3 Å². The molecule has 0 fully saturated rings. The number of thiophene rings is 1. The van der Waals surface area contributed by atoms with Gasteiger partial charge in [-0.05, 0) is 49.9 Å². The molecular formula is C16H19NO2S. The van der Waals surface area contributed by atoms with Crippen molar-refractivity contribution in [1.29, 1.82) is 0 Å². The molecule has 0 saturated heterocycles. The van der Waals surface area contributed by atoms with Crippen molar-refractivity contribution in [2.45, 2.75) is 33.4 Å². The third-order valence-electron chi connectivity index (χ3n) is 3.25. The molecule has 1 N–H and O–H groups in total. The second-order valence-corrected chi connectivity index (χ2v) is 6.14. The minimum Gasteiger partial charge on any atom is -0.508 e. The Morgan fingerprint density at radius 3 is 2.65 bits per heavy atom. The zero-order valence-corrected chi connectivity index (χ0v) is 12.8. The lowest BCUT2D eigenvalue weighted by Gasteiger charge is -2.26. The van der Waals surface area contributed by atoms with E-state index >= 15 is 0 Å². The van der Waals surface area contributed by atoms with Gasteiger partial charge < -0.3 is 10.0 Å². The predicted octanol–water partition coefficient (Wildman–Crippen LogP) is 3.81. The van der Waals surface area contributed by atoms with E-state index in [1.54, 1.807) is 29.5 Å². The summed E-state index contributed by atoms with van der Waals surface area (Å²) in [5.41, 5.74) is 1.30. The molecule has 0 aliphatic carbocycles. The number of amides is 1. The second-order valence-electron chi connectivity index (χ2n) is 5.11. The lowest BCUT2D eigenvalue weighted by molar-refractivity contribution is 0.0692. The third kappa shape index (κ3) is 3.20. The number of carbonyl (C=O) groups is 1. The molecule has 20 heavy (non-hydrogen) atoms. The zero-order valence-electron chi connectivity index (χ0n) is 12.0. The first-order valence-corrected chi connectivity index (χ1v) is 7.50. The van der Waals surface area contributed by atoms with Gasteiger partial charge in [-0.25, -0.2) is 0 Å². The van der Waals surface area contributed by atoms with Crippen LogP contribution in [-0.2, 0) is 6.54 Å². The summed E-state index contributed by atoms with van der Waals surface area (Å²) < 4.78 is 0. The molecule has 0 spiro atoms. The van der Waals surface area contributed by atoms with Crippen LogP contribution in [0.2, 0.25) is 0 Å². The fourth-order valence-corrected chi connectivity index (χ4v) is 2.67. The van der Waals surface area contributed by atoms with Gasteiger partial charge in [-0.15, -0.1) is 11.3 Å². The van der Waals surface area contributed by atoms with Crippen LogP contribution in [0.3, 0.4) is 0 Å². The molecule has 0 aliphatic heterocycles. The number of phenols is 1. The Hall–Kier alpha value is -1.81. The molecule has 0 saturated carbocycles. The average molecular weight is 289 g/mol. The molecule has 1 heterocycles. The quantitative estimate of drug-likeness (QED) is 0.929. The van der Waals surface area contributed by atoms with E-state index in [2.05, 4.69) is 0 Å². The van der Waals surface area contributed by atoms with E-state index in [1.807, 2.05) is 43.2 Å². The number of phenolic OH excluding ortho intramolecular Hbond substituents is 1. The molecule has 0 bridgehead atoms. The fourth-order valence-electron chi connectivity index (χ4n) is 1.97. The number of hydrogen-bond donors (Lipinski definition) is 1. The average Bonchev–Trinajstić information content (AvgIpc) is 2.91. The van der Waals surface area contributed by atoms with Crippen LogP contribution in [0, 0.1) is 6.92 Å². The van der Waals surface area contributed by atoms with Crippen molar-refractivity contribution in [1.82, 2.24) is 4.90 Å². The number of hydrogen-bond acceptors (Lipinski definition) is 3. The second kappa shape index (κ2) is 6.09. The summed E-state index contributed by atoms with van der Waals surface area (Å²) >= 11 is 1.64. The van der Waals surface area contributed by atoms with Crippen molar-refractivity contribution in [3.05, 3.63) is 51.7 Å². The van der Waals surface area contributed by atoms with Crippen LogP contribution in [0.5, 0.6) is 5.75 Å². The maximum Gasteiger partial charge on any atom is 0.254 e. The minimum absolute atomic E-state index is 0.0521. The van der Waals surface area contributed by atoms with Crippen LogP contribution in [0.1, 0.15) is 34.6 Å². The van der Waals surface area contributed by atoms with Gasteiger partial charge in [0.05, 0.1) is 6.54 Å². The van der Waals surface area contributed by atoms with Crippen LogP contribution in [0.15, 0.2) is 35.7 Å². The first-order chi connectivity index (χ1) is 9.49. The summed E-state index contributed by atoms with van der Waals surface area (Å²) in [4.78, 5) is 15.6. The van der Waals surface area contributed by atoms with Gasteiger partial charge in [-0.3, -0.25) is 4.79 Å². The highest BCUT2D eigenvalue weighted by molar-refractivity contribution is 7.09. The fraction of sp³-hybridized carbons (Fsp3) is 0.312. The number of rotatable bonds is 4. The molecule has 0 unspecified atom stereocenters. The van der Waals surface area contributed by atoms with E-state index in [9.17, 15) is 9.90 Å². The molecule has 1 aromatic heterocycles. The van der Waals surface area contributed by atoms with Gasteiger partial charge in [0.1, 0.15) is 5.75 Å². The lowest BCUT2D eigenvalue weighted by Crippen LogP contribution is -2.36. The Morgan fingerprint density at radius 2 is 2.10 bits per heavy atom. The van der Waals surface area contributed by atoms with E-state index < -0.39 is 0 Å². The van der Waals surface area contributed by atoms with Gasteiger partial charge in [0.2, 0.25) is 0 Å². The summed E-state index contributed by atoms with van der Waals surface area (Å²) in [5, 5.41) is 11.8. The Morgan fingerprint density at radius 1 is 1.35 bits per heavy atom. The third-order valence-corrected chi connectivity index (χ3v) is 4.11. The number of aryl methyl sites for hydroxylation is 1. The largest absolute Gasteiger partial charge is 0.508 e. The molecule has 4 heteroatoms. The molecule has 2 aromatic rings. The first kappa shape index (κ1) is 14.6. The summed E-state index contributed by atoms with van der Waals surface area (Å²) in [6, 6.07) is 9.20. The molecule has 0 aliphatic rings. The highest BCUT2D eigenvalue weighted by atomic mass is 32.1. The van der Waals surface area contributed by atoms with Crippen molar-refractivity contribution in [3.63, 3.8) is 0 Å². The van der Waals surface area contributed by atoms with Crippen LogP contribution in [0.25, 0.3) is 0 Å². The van der Waals surface area contributed by atoms with Crippen LogP contribution < -0.4 is 0 Å². The van der Waals surface area contributed by atoms with Crippen molar-refractivity contribution < 1.29 is 9.90 Å². The van der Waals surface area contributed by atoms with E-state index in [4.69, 9.17) is 0 Å². The number of carbonyl (C=O) groups excluding carboxylic acids is 1. The number of aromatic hydroxyl groups is 1. The molecular weight excluding hydrogens is 270 g/mol. The topological polar surface area (TPSA) is 40.5 Å². The van der Waals surface area contributed by atoms with Gasteiger partial charge in [0.15, 0.2) is 0 Å².